The lowest BCUT2D eigenvalue weighted by molar-refractivity contribution is -0.0263. The van der Waals surface area contributed by atoms with Crippen LogP contribution >= 0.6 is 0 Å². The number of allylic oxidation sites excluding steroid dienone is 1. The minimum absolute atomic E-state index is 0.0148. The molecule has 1 unspecified atom stereocenters. The van der Waals surface area contributed by atoms with Gasteiger partial charge in [-0.15, -0.1) is 0 Å². The molecule has 0 aromatic heterocycles. The zero-order valence-corrected chi connectivity index (χ0v) is 17.9. The number of hydrogen-bond acceptors (Lipinski definition) is 4. The fraction of sp³-hybridized carbons (Fsp3) is 0.727. The Morgan fingerprint density at radius 3 is 2.66 bits per heavy atom. The lowest BCUT2D eigenvalue weighted by Gasteiger charge is -2.52. The molecule has 29 heavy (non-hydrogen) atoms. The second-order valence-corrected chi connectivity index (χ2v) is 10.1. The van der Waals surface area contributed by atoms with Crippen molar-refractivity contribution in [2.45, 2.75) is 52.1 Å². The second-order valence-electron chi connectivity index (χ2n) is 10.1. The molecule has 3 amide bonds. The molecule has 0 aromatic rings. The van der Waals surface area contributed by atoms with E-state index in [1.165, 1.54) is 5.57 Å². The number of nitrogens with one attached hydrogen (secondary N) is 2. The summed E-state index contributed by atoms with van der Waals surface area (Å²) in [6.45, 7) is 9.67. The number of amides is 3. The molecule has 4 aliphatic rings. The van der Waals surface area contributed by atoms with Gasteiger partial charge >= 0.3 is 12.1 Å². The molecule has 3 aliphatic heterocycles. The number of likely N-dealkylation sites (tertiary alicyclic amines) is 1. The molecule has 2 N–H and O–H groups in total. The van der Waals surface area contributed by atoms with Crippen molar-refractivity contribution in [1.82, 2.24) is 20.4 Å². The van der Waals surface area contributed by atoms with Gasteiger partial charge in [0.1, 0.15) is 5.60 Å². The summed E-state index contributed by atoms with van der Waals surface area (Å²) in [4.78, 5) is 28.4. The van der Waals surface area contributed by atoms with Gasteiger partial charge in [-0.2, -0.15) is 0 Å². The Kier molecular flexibility index (Phi) is 5.25. The van der Waals surface area contributed by atoms with Crippen LogP contribution in [0.25, 0.3) is 0 Å². The van der Waals surface area contributed by atoms with Gasteiger partial charge in [-0.05, 0) is 75.6 Å². The summed E-state index contributed by atoms with van der Waals surface area (Å²) in [6.07, 6.45) is 10.2. The number of hydrogen-bond donors (Lipinski definition) is 2. The third-order valence-corrected chi connectivity index (χ3v) is 6.67. The molecule has 1 atom stereocenters. The zero-order chi connectivity index (χ0) is 20.6. The first-order valence-electron chi connectivity index (χ1n) is 10.9. The van der Waals surface area contributed by atoms with E-state index < -0.39 is 5.60 Å². The Morgan fingerprint density at radius 2 is 2.00 bits per heavy atom. The summed E-state index contributed by atoms with van der Waals surface area (Å²) in [5, 5.41) is 6.35. The SMILES string of the molecule is CC(C)(C)OC(=O)N1CCC2(CC1)CC(CNC(=O)N1C=C3C=CNCC3C1)C2. The van der Waals surface area contributed by atoms with E-state index in [0.29, 0.717) is 17.3 Å². The maximum atomic E-state index is 12.5. The van der Waals surface area contributed by atoms with Crippen LogP contribution in [0.1, 0.15) is 46.5 Å². The highest BCUT2D eigenvalue weighted by Crippen LogP contribution is 2.52. The first kappa shape index (κ1) is 20.1. The fourth-order valence-corrected chi connectivity index (χ4v) is 5.09. The number of fused-ring (bicyclic) bond motifs is 1. The molecular weight excluding hydrogens is 368 g/mol. The van der Waals surface area contributed by atoms with Crippen LogP contribution in [0, 0.1) is 17.3 Å². The van der Waals surface area contributed by atoms with Crippen molar-refractivity contribution < 1.29 is 14.3 Å². The molecule has 7 nitrogen and oxygen atoms in total. The molecule has 1 aliphatic carbocycles. The van der Waals surface area contributed by atoms with Gasteiger partial charge in [-0.1, -0.05) is 0 Å². The van der Waals surface area contributed by atoms with Gasteiger partial charge in [0.15, 0.2) is 0 Å². The van der Waals surface area contributed by atoms with Crippen LogP contribution < -0.4 is 10.6 Å². The third kappa shape index (κ3) is 4.54. The van der Waals surface area contributed by atoms with Gasteiger partial charge in [-0.3, -0.25) is 0 Å². The first-order chi connectivity index (χ1) is 13.7. The van der Waals surface area contributed by atoms with Crippen LogP contribution in [0.3, 0.4) is 0 Å². The van der Waals surface area contributed by atoms with Crippen molar-refractivity contribution in [2.24, 2.45) is 17.3 Å². The standard InChI is InChI=1S/C22H34N4O3/c1-21(2,3)29-20(28)25-8-5-22(6-9-25)10-16(11-22)12-24-19(27)26-14-17-4-7-23-13-18(17)15-26/h4,7,14,16,18,23H,5-6,8-13,15H2,1-3H3,(H,24,27). The molecule has 7 heteroatoms. The average Bonchev–Trinajstić information content (AvgIpc) is 3.07. The minimum atomic E-state index is -0.443. The quantitative estimate of drug-likeness (QED) is 0.745. The molecule has 1 saturated heterocycles. The van der Waals surface area contributed by atoms with E-state index in [4.69, 9.17) is 4.74 Å². The molecule has 1 saturated carbocycles. The number of urea groups is 1. The largest absolute Gasteiger partial charge is 0.444 e. The Hall–Kier alpha value is -2.18. The van der Waals surface area contributed by atoms with E-state index in [1.807, 2.05) is 43.0 Å². The molecule has 160 valence electrons. The predicted molar refractivity (Wildman–Crippen MR) is 111 cm³/mol. The number of ether oxygens (including phenoxy) is 1. The van der Waals surface area contributed by atoms with E-state index in [0.717, 1.165) is 58.4 Å². The van der Waals surface area contributed by atoms with Gasteiger partial charge in [0.05, 0.1) is 0 Å². The maximum Gasteiger partial charge on any atom is 0.410 e. The maximum absolute atomic E-state index is 12.5. The van der Waals surface area contributed by atoms with Crippen LogP contribution in [-0.2, 0) is 4.74 Å². The van der Waals surface area contributed by atoms with Gasteiger partial charge in [0.2, 0.25) is 0 Å². The predicted octanol–water partition coefficient (Wildman–Crippen LogP) is 3.06. The molecular formula is C22H34N4O3. The van der Waals surface area contributed by atoms with Crippen LogP contribution in [0.15, 0.2) is 24.0 Å². The van der Waals surface area contributed by atoms with Crippen molar-refractivity contribution in [2.75, 3.05) is 32.7 Å². The van der Waals surface area contributed by atoms with Gasteiger partial charge < -0.3 is 25.2 Å². The van der Waals surface area contributed by atoms with Gasteiger partial charge in [0.25, 0.3) is 0 Å². The zero-order valence-electron chi connectivity index (χ0n) is 17.9. The van der Waals surface area contributed by atoms with Gasteiger partial charge in [0, 0.05) is 44.8 Å². The Labute approximate surface area is 173 Å². The lowest BCUT2D eigenvalue weighted by atomic mass is 9.57. The Balaban J connectivity index is 1.17. The molecule has 0 aromatic carbocycles. The topological polar surface area (TPSA) is 73.9 Å². The summed E-state index contributed by atoms with van der Waals surface area (Å²) in [5.41, 5.74) is 1.15. The Bertz CT molecular complexity index is 708. The summed E-state index contributed by atoms with van der Waals surface area (Å²) in [5.74, 6) is 0.957. The monoisotopic (exact) mass is 402 g/mol. The van der Waals surface area contributed by atoms with Crippen molar-refractivity contribution in [1.29, 1.82) is 0 Å². The van der Waals surface area contributed by atoms with Crippen molar-refractivity contribution >= 4 is 12.1 Å². The molecule has 1 spiro atoms. The van der Waals surface area contributed by atoms with E-state index in [1.54, 1.807) is 0 Å². The van der Waals surface area contributed by atoms with Crippen LogP contribution in [0.2, 0.25) is 0 Å². The molecule has 0 bridgehead atoms. The van der Waals surface area contributed by atoms with E-state index in [-0.39, 0.29) is 12.1 Å². The van der Waals surface area contributed by atoms with E-state index >= 15 is 0 Å². The summed E-state index contributed by atoms with van der Waals surface area (Å²) in [7, 11) is 0. The number of nitrogens with zero attached hydrogens (tertiary/aromatic N) is 2. The average molecular weight is 403 g/mol. The number of carbonyl (C=O) groups is 2. The highest BCUT2D eigenvalue weighted by Gasteiger charge is 2.46. The molecule has 3 heterocycles. The Morgan fingerprint density at radius 1 is 1.28 bits per heavy atom. The summed E-state index contributed by atoms with van der Waals surface area (Å²) < 4.78 is 5.49. The second kappa shape index (κ2) is 7.58. The smallest absolute Gasteiger partial charge is 0.410 e. The van der Waals surface area contributed by atoms with Crippen molar-refractivity contribution in [3.8, 4) is 0 Å². The summed E-state index contributed by atoms with van der Waals surface area (Å²) in [6, 6.07) is 0.0148. The minimum Gasteiger partial charge on any atom is -0.444 e. The summed E-state index contributed by atoms with van der Waals surface area (Å²) >= 11 is 0. The van der Waals surface area contributed by atoms with E-state index in [2.05, 4.69) is 16.7 Å². The van der Waals surface area contributed by atoms with Crippen LogP contribution in [0.5, 0.6) is 0 Å². The molecule has 0 radical (unpaired) electrons. The molecule has 4 rings (SSSR count). The third-order valence-electron chi connectivity index (χ3n) is 6.67. The first-order valence-corrected chi connectivity index (χ1v) is 10.9. The van der Waals surface area contributed by atoms with Crippen molar-refractivity contribution in [3.05, 3.63) is 24.0 Å². The highest BCUT2D eigenvalue weighted by atomic mass is 16.6. The van der Waals surface area contributed by atoms with Crippen LogP contribution in [-0.4, -0.2) is 60.2 Å². The van der Waals surface area contributed by atoms with Gasteiger partial charge in [-0.25, -0.2) is 9.59 Å². The lowest BCUT2D eigenvalue weighted by Crippen LogP contribution is -2.52. The van der Waals surface area contributed by atoms with E-state index in [9.17, 15) is 9.59 Å². The number of carbonyl (C=O) groups excluding carboxylic acids is 2. The highest BCUT2D eigenvalue weighted by molar-refractivity contribution is 5.76. The number of rotatable bonds is 2. The van der Waals surface area contributed by atoms with Crippen molar-refractivity contribution in [3.63, 3.8) is 0 Å². The number of piperidine rings is 1. The van der Waals surface area contributed by atoms with Crippen LogP contribution in [0.4, 0.5) is 9.59 Å². The fourth-order valence-electron chi connectivity index (χ4n) is 5.09. The molecule has 2 fully saturated rings. The normalized spacial score (nSPS) is 25.8.